The Kier molecular flexibility index (Phi) is 7.71. The van der Waals surface area contributed by atoms with E-state index in [-0.39, 0.29) is 25.9 Å². The van der Waals surface area contributed by atoms with Crippen LogP contribution in [0.3, 0.4) is 0 Å². The number of methoxy groups -OCH3 is 1. The lowest BCUT2D eigenvalue weighted by Crippen LogP contribution is -2.40. The molecule has 1 amide bonds. The van der Waals surface area contributed by atoms with Gasteiger partial charge >= 0.3 is 12.1 Å². The third kappa shape index (κ3) is 7.90. The van der Waals surface area contributed by atoms with Crippen LogP contribution in [0, 0.1) is 5.41 Å². The summed E-state index contributed by atoms with van der Waals surface area (Å²) in [7, 11) is 1.49. The van der Waals surface area contributed by atoms with Gasteiger partial charge in [0.2, 0.25) is 0 Å². The van der Waals surface area contributed by atoms with Crippen LogP contribution in [0.2, 0.25) is 0 Å². The Morgan fingerprint density at radius 1 is 1.10 bits per heavy atom. The second-order valence-electron chi connectivity index (χ2n) is 6.53. The van der Waals surface area contributed by atoms with E-state index in [9.17, 15) is 9.59 Å². The zero-order chi connectivity index (χ0) is 16.7. The molecule has 0 atom stereocenters. The van der Waals surface area contributed by atoms with E-state index in [0.29, 0.717) is 6.42 Å². The summed E-state index contributed by atoms with van der Waals surface area (Å²) in [6.45, 7) is 11.4. The Bertz CT molecular complexity index is 346. The number of carbonyl (C=O) groups excluding carboxylic acids is 2. The van der Waals surface area contributed by atoms with Crippen molar-refractivity contribution < 1.29 is 23.8 Å². The zero-order valence-electron chi connectivity index (χ0n) is 14.3. The summed E-state index contributed by atoms with van der Waals surface area (Å²) in [6.07, 6.45) is 0.204. The maximum absolute atomic E-state index is 12.0. The van der Waals surface area contributed by atoms with Crippen LogP contribution in [0.4, 0.5) is 4.79 Å². The van der Waals surface area contributed by atoms with Gasteiger partial charge in [0.1, 0.15) is 18.9 Å². The number of rotatable bonds is 7. The number of carbonyl (C=O) groups is 2. The van der Waals surface area contributed by atoms with Crippen LogP contribution in [-0.4, -0.2) is 49.6 Å². The first-order valence-corrected chi connectivity index (χ1v) is 7.17. The molecule has 0 radical (unpaired) electrons. The molecule has 0 fully saturated rings. The van der Waals surface area contributed by atoms with Crippen molar-refractivity contribution in [2.75, 3.05) is 27.0 Å². The van der Waals surface area contributed by atoms with Gasteiger partial charge in [-0.1, -0.05) is 6.92 Å². The lowest BCUT2D eigenvalue weighted by molar-refractivity contribution is -0.154. The van der Waals surface area contributed by atoms with Crippen molar-refractivity contribution in [2.24, 2.45) is 5.41 Å². The molecule has 0 aliphatic carbocycles. The van der Waals surface area contributed by atoms with Gasteiger partial charge in [0.05, 0.1) is 12.0 Å². The van der Waals surface area contributed by atoms with Gasteiger partial charge in [-0.05, 0) is 41.0 Å². The van der Waals surface area contributed by atoms with E-state index in [1.807, 2.05) is 20.8 Å². The highest BCUT2D eigenvalue weighted by atomic mass is 16.6. The predicted molar refractivity (Wildman–Crippen MR) is 79.8 cm³/mol. The Balaban J connectivity index is 4.40. The molecule has 0 rings (SSSR count). The summed E-state index contributed by atoms with van der Waals surface area (Å²) in [4.78, 5) is 25.2. The van der Waals surface area contributed by atoms with E-state index in [0.717, 1.165) is 0 Å². The molecular weight excluding hydrogens is 274 g/mol. The smallest absolute Gasteiger partial charge is 0.412 e. The first kappa shape index (κ1) is 19.7. The van der Waals surface area contributed by atoms with Crippen molar-refractivity contribution >= 4 is 12.1 Å². The quantitative estimate of drug-likeness (QED) is 0.534. The molecule has 21 heavy (non-hydrogen) atoms. The number of esters is 1. The maximum Gasteiger partial charge on any atom is 0.412 e. The van der Waals surface area contributed by atoms with E-state index in [4.69, 9.17) is 14.2 Å². The summed E-state index contributed by atoms with van der Waals surface area (Å²) in [5, 5.41) is 0. The molecule has 0 aliphatic rings. The zero-order valence-corrected chi connectivity index (χ0v) is 14.3. The van der Waals surface area contributed by atoms with Crippen LogP contribution in [0.1, 0.15) is 48.0 Å². The fraction of sp³-hybridized carbons (Fsp3) is 0.867. The molecule has 0 bridgehead atoms. The molecular formula is C15H29NO5. The molecule has 0 spiro atoms. The van der Waals surface area contributed by atoms with Crippen molar-refractivity contribution in [2.45, 2.75) is 53.6 Å². The van der Waals surface area contributed by atoms with Gasteiger partial charge in [-0.25, -0.2) is 4.79 Å². The van der Waals surface area contributed by atoms with Gasteiger partial charge in [-0.3, -0.25) is 9.69 Å². The minimum atomic E-state index is -0.579. The molecule has 0 heterocycles. The van der Waals surface area contributed by atoms with E-state index in [1.165, 1.54) is 12.0 Å². The van der Waals surface area contributed by atoms with E-state index >= 15 is 0 Å². The average molecular weight is 303 g/mol. The highest BCUT2D eigenvalue weighted by Crippen LogP contribution is 2.21. The number of amides is 1. The minimum absolute atomic E-state index is 0.0869. The van der Waals surface area contributed by atoms with Gasteiger partial charge in [-0.15, -0.1) is 0 Å². The van der Waals surface area contributed by atoms with Crippen LogP contribution < -0.4 is 0 Å². The molecule has 6 nitrogen and oxygen atoms in total. The summed E-state index contributed by atoms with van der Waals surface area (Å²) in [5.41, 5.74) is -1.10. The van der Waals surface area contributed by atoms with Gasteiger partial charge in [0.15, 0.2) is 0 Å². The van der Waals surface area contributed by atoms with Gasteiger partial charge in [-0.2, -0.15) is 0 Å². The molecule has 0 aromatic carbocycles. The van der Waals surface area contributed by atoms with Gasteiger partial charge in [0, 0.05) is 7.11 Å². The number of nitrogens with zero attached hydrogens (tertiary/aromatic N) is 1. The molecule has 0 saturated heterocycles. The standard InChI is InChI=1S/C15H29NO5/c1-8-15(5,6)12(17)20-10-9-16(11-19-7)13(18)21-14(2,3)4/h8-11H2,1-7H3. The molecule has 0 aromatic heterocycles. The first-order chi connectivity index (χ1) is 9.53. The highest BCUT2D eigenvalue weighted by Gasteiger charge is 2.28. The summed E-state index contributed by atoms with van der Waals surface area (Å²) in [6, 6.07) is 0. The maximum atomic E-state index is 12.0. The van der Waals surface area contributed by atoms with E-state index in [1.54, 1.807) is 20.8 Å². The molecule has 0 saturated carbocycles. The first-order valence-electron chi connectivity index (χ1n) is 7.17. The predicted octanol–water partition coefficient (Wildman–Crippen LogP) is 2.81. The SMILES string of the molecule is CCC(C)(C)C(=O)OCCN(COC)C(=O)OC(C)(C)C. The van der Waals surface area contributed by atoms with Gasteiger partial charge in [0.25, 0.3) is 0 Å². The lowest BCUT2D eigenvalue weighted by Gasteiger charge is -2.27. The van der Waals surface area contributed by atoms with E-state index in [2.05, 4.69) is 0 Å². The molecule has 0 N–H and O–H groups in total. The van der Waals surface area contributed by atoms with Crippen molar-refractivity contribution in [3.63, 3.8) is 0 Å². The van der Waals surface area contributed by atoms with Gasteiger partial charge < -0.3 is 14.2 Å². The van der Waals surface area contributed by atoms with Crippen LogP contribution in [0.15, 0.2) is 0 Å². The third-order valence-corrected chi connectivity index (χ3v) is 2.97. The number of hydrogen-bond donors (Lipinski definition) is 0. The fourth-order valence-electron chi connectivity index (χ4n) is 1.28. The van der Waals surface area contributed by atoms with Crippen molar-refractivity contribution in [1.82, 2.24) is 4.90 Å². The largest absolute Gasteiger partial charge is 0.463 e. The van der Waals surface area contributed by atoms with E-state index < -0.39 is 17.1 Å². The fourth-order valence-corrected chi connectivity index (χ4v) is 1.28. The summed E-state index contributed by atoms with van der Waals surface area (Å²) >= 11 is 0. The third-order valence-electron chi connectivity index (χ3n) is 2.97. The average Bonchev–Trinajstić information content (AvgIpc) is 2.35. The Morgan fingerprint density at radius 2 is 1.67 bits per heavy atom. The molecule has 124 valence electrons. The molecule has 0 unspecified atom stereocenters. The molecule has 0 aromatic rings. The Hall–Kier alpha value is -1.30. The van der Waals surface area contributed by atoms with Crippen molar-refractivity contribution in [1.29, 1.82) is 0 Å². The normalized spacial score (nSPS) is 12.0. The molecule has 0 aliphatic heterocycles. The second-order valence-corrected chi connectivity index (χ2v) is 6.53. The highest BCUT2D eigenvalue weighted by molar-refractivity contribution is 5.75. The molecule has 6 heteroatoms. The summed E-state index contributed by atoms with van der Waals surface area (Å²) in [5.74, 6) is -0.272. The monoisotopic (exact) mass is 303 g/mol. The second kappa shape index (κ2) is 8.22. The Labute approximate surface area is 127 Å². The lowest BCUT2D eigenvalue weighted by atomic mass is 9.91. The summed E-state index contributed by atoms with van der Waals surface area (Å²) < 4.78 is 15.4. The number of ether oxygens (including phenoxy) is 3. The Morgan fingerprint density at radius 3 is 2.10 bits per heavy atom. The minimum Gasteiger partial charge on any atom is -0.463 e. The van der Waals surface area contributed by atoms with Crippen molar-refractivity contribution in [3.8, 4) is 0 Å². The van der Waals surface area contributed by atoms with Crippen LogP contribution in [0.5, 0.6) is 0 Å². The topological polar surface area (TPSA) is 65.1 Å². The van der Waals surface area contributed by atoms with Crippen LogP contribution in [-0.2, 0) is 19.0 Å². The number of hydrogen-bond acceptors (Lipinski definition) is 5. The van der Waals surface area contributed by atoms with Crippen LogP contribution in [0.25, 0.3) is 0 Å². The van der Waals surface area contributed by atoms with Crippen molar-refractivity contribution in [3.05, 3.63) is 0 Å². The van der Waals surface area contributed by atoms with Crippen LogP contribution >= 0.6 is 0 Å².